The number of rotatable bonds is 4. The highest BCUT2D eigenvalue weighted by Crippen LogP contribution is 2.12. The fourth-order valence-corrected chi connectivity index (χ4v) is 1.45. The SMILES string of the molecule is COC(=O)C(CCl)NC(=O)c1c(F)cccc1F. The number of ether oxygens (including phenoxy) is 1. The van der Waals surface area contributed by atoms with E-state index in [1.54, 1.807) is 0 Å². The maximum atomic E-state index is 13.3. The van der Waals surface area contributed by atoms with Crippen molar-refractivity contribution in [3.8, 4) is 0 Å². The zero-order chi connectivity index (χ0) is 13.7. The smallest absolute Gasteiger partial charge is 0.329 e. The lowest BCUT2D eigenvalue weighted by atomic mass is 10.1. The molecular formula is C11H10ClF2NO3. The third-order valence-electron chi connectivity index (χ3n) is 2.14. The average molecular weight is 278 g/mol. The van der Waals surface area contributed by atoms with Crippen LogP contribution in [0.4, 0.5) is 8.78 Å². The van der Waals surface area contributed by atoms with E-state index in [1.165, 1.54) is 0 Å². The van der Waals surface area contributed by atoms with Crippen LogP contribution in [0.1, 0.15) is 10.4 Å². The summed E-state index contributed by atoms with van der Waals surface area (Å²) < 4.78 is 31.0. The summed E-state index contributed by atoms with van der Waals surface area (Å²) >= 11 is 5.45. The summed E-state index contributed by atoms with van der Waals surface area (Å²) in [4.78, 5) is 22.8. The van der Waals surface area contributed by atoms with Gasteiger partial charge in [0.05, 0.1) is 13.0 Å². The predicted molar refractivity (Wildman–Crippen MR) is 60.3 cm³/mol. The van der Waals surface area contributed by atoms with Crippen LogP contribution in [0.25, 0.3) is 0 Å². The highest BCUT2D eigenvalue weighted by atomic mass is 35.5. The molecule has 0 aliphatic carbocycles. The molecule has 98 valence electrons. The van der Waals surface area contributed by atoms with Crippen LogP contribution in [0, 0.1) is 11.6 Å². The highest BCUT2D eigenvalue weighted by Gasteiger charge is 2.24. The molecule has 0 bridgehead atoms. The Bertz CT molecular complexity index is 447. The van der Waals surface area contributed by atoms with Gasteiger partial charge in [0.25, 0.3) is 5.91 Å². The number of methoxy groups -OCH3 is 1. The first-order chi connectivity index (χ1) is 8.51. The van der Waals surface area contributed by atoms with Gasteiger partial charge in [-0.05, 0) is 12.1 Å². The minimum atomic E-state index is -1.16. The fraction of sp³-hybridized carbons (Fsp3) is 0.273. The minimum Gasteiger partial charge on any atom is -0.467 e. The van der Waals surface area contributed by atoms with Crippen molar-refractivity contribution in [2.45, 2.75) is 6.04 Å². The second-order valence-electron chi connectivity index (χ2n) is 3.30. The molecule has 1 amide bonds. The number of amides is 1. The number of benzene rings is 1. The van der Waals surface area contributed by atoms with Crippen LogP contribution < -0.4 is 5.32 Å². The van der Waals surface area contributed by atoms with Gasteiger partial charge in [-0.2, -0.15) is 0 Å². The topological polar surface area (TPSA) is 55.4 Å². The van der Waals surface area contributed by atoms with E-state index in [0.717, 1.165) is 25.3 Å². The summed E-state index contributed by atoms with van der Waals surface area (Å²) in [6.07, 6.45) is 0. The Morgan fingerprint density at radius 1 is 1.39 bits per heavy atom. The monoisotopic (exact) mass is 277 g/mol. The molecule has 1 unspecified atom stereocenters. The number of carbonyl (C=O) groups is 2. The molecule has 0 heterocycles. The molecule has 0 radical (unpaired) electrons. The van der Waals surface area contributed by atoms with Gasteiger partial charge in [0.1, 0.15) is 23.2 Å². The van der Waals surface area contributed by atoms with Crippen molar-refractivity contribution < 1.29 is 23.1 Å². The zero-order valence-corrected chi connectivity index (χ0v) is 10.1. The fourth-order valence-electron chi connectivity index (χ4n) is 1.25. The van der Waals surface area contributed by atoms with E-state index >= 15 is 0 Å². The summed E-state index contributed by atoms with van der Waals surface area (Å²) in [7, 11) is 1.11. The molecular weight excluding hydrogens is 268 g/mol. The van der Waals surface area contributed by atoms with Gasteiger partial charge in [-0.15, -0.1) is 11.6 Å². The highest BCUT2D eigenvalue weighted by molar-refractivity contribution is 6.20. The molecule has 0 aromatic heterocycles. The third kappa shape index (κ3) is 3.16. The standard InChI is InChI=1S/C11H10ClF2NO3/c1-18-11(17)8(5-12)15-10(16)9-6(13)3-2-4-7(9)14/h2-4,8H,5H2,1H3,(H,15,16). The lowest BCUT2D eigenvalue weighted by molar-refractivity contribution is -0.142. The summed E-state index contributed by atoms with van der Waals surface area (Å²) in [5.74, 6) is -4.18. The average Bonchev–Trinajstić information content (AvgIpc) is 2.34. The maximum absolute atomic E-state index is 13.3. The minimum absolute atomic E-state index is 0.269. The van der Waals surface area contributed by atoms with E-state index in [2.05, 4.69) is 10.1 Å². The van der Waals surface area contributed by atoms with E-state index in [4.69, 9.17) is 11.6 Å². The molecule has 1 atom stereocenters. The first-order valence-electron chi connectivity index (χ1n) is 4.90. The molecule has 0 aliphatic heterocycles. The van der Waals surface area contributed by atoms with Gasteiger partial charge in [0.15, 0.2) is 0 Å². The van der Waals surface area contributed by atoms with Crippen LogP contribution in [0.2, 0.25) is 0 Å². The number of hydrogen-bond donors (Lipinski definition) is 1. The van der Waals surface area contributed by atoms with E-state index in [-0.39, 0.29) is 5.88 Å². The number of nitrogens with one attached hydrogen (secondary N) is 1. The van der Waals surface area contributed by atoms with E-state index in [9.17, 15) is 18.4 Å². The number of alkyl halides is 1. The molecule has 1 rings (SSSR count). The summed E-state index contributed by atoms with van der Waals surface area (Å²) in [5.41, 5.74) is -0.767. The van der Waals surface area contributed by atoms with Crippen molar-refractivity contribution in [1.82, 2.24) is 5.32 Å². The van der Waals surface area contributed by atoms with Crippen LogP contribution in [0.15, 0.2) is 18.2 Å². The molecule has 1 N–H and O–H groups in total. The predicted octanol–water partition coefficient (Wildman–Crippen LogP) is 1.47. The maximum Gasteiger partial charge on any atom is 0.329 e. The molecule has 1 aromatic rings. The van der Waals surface area contributed by atoms with E-state index in [1.807, 2.05) is 0 Å². The van der Waals surface area contributed by atoms with Crippen LogP contribution in [-0.4, -0.2) is 30.9 Å². The number of halogens is 3. The lowest BCUT2D eigenvalue weighted by Gasteiger charge is -2.14. The molecule has 0 saturated heterocycles. The molecule has 4 nitrogen and oxygen atoms in total. The summed E-state index contributed by atoms with van der Waals surface area (Å²) in [6, 6.07) is 1.83. The number of hydrogen-bond acceptors (Lipinski definition) is 3. The molecule has 0 fully saturated rings. The molecule has 0 saturated carbocycles. The summed E-state index contributed by atoms with van der Waals surface area (Å²) in [5, 5.41) is 2.09. The van der Waals surface area contributed by atoms with Crippen LogP contribution >= 0.6 is 11.6 Å². The summed E-state index contributed by atoms with van der Waals surface area (Å²) in [6.45, 7) is 0. The van der Waals surface area contributed by atoms with Crippen molar-refractivity contribution >= 4 is 23.5 Å². The Labute approximate surface area is 107 Å². The van der Waals surface area contributed by atoms with Crippen molar-refractivity contribution in [3.05, 3.63) is 35.4 Å². The van der Waals surface area contributed by atoms with Gasteiger partial charge < -0.3 is 10.1 Å². The van der Waals surface area contributed by atoms with Gasteiger partial charge in [-0.1, -0.05) is 6.07 Å². The number of esters is 1. The Morgan fingerprint density at radius 2 is 1.94 bits per heavy atom. The molecule has 18 heavy (non-hydrogen) atoms. The van der Waals surface area contributed by atoms with E-state index < -0.39 is 35.1 Å². The molecule has 0 spiro atoms. The largest absolute Gasteiger partial charge is 0.467 e. The van der Waals surface area contributed by atoms with Gasteiger partial charge >= 0.3 is 5.97 Å². The van der Waals surface area contributed by atoms with Crippen molar-refractivity contribution in [1.29, 1.82) is 0 Å². The van der Waals surface area contributed by atoms with Crippen molar-refractivity contribution in [3.63, 3.8) is 0 Å². The van der Waals surface area contributed by atoms with E-state index in [0.29, 0.717) is 0 Å². The van der Waals surface area contributed by atoms with Gasteiger partial charge in [-0.3, -0.25) is 4.79 Å². The van der Waals surface area contributed by atoms with Crippen molar-refractivity contribution in [2.24, 2.45) is 0 Å². The van der Waals surface area contributed by atoms with Gasteiger partial charge in [-0.25, -0.2) is 13.6 Å². The Hall–Kier alpha value is -1.69. The van der Waals surface area contributed by atoms with Crippen LogP contribution in [0.5, 0.6) is 0 Å². The lowest BCUT2D eigenvalue weighted by Crippen LogP contribution is -2.43. The second-order valence-corrected chi connectivity index (χ2v) is 3.61. The van der Waals surface area contributed by atoms with Crippen LogP contribution in [0.3, 0.4) is 0 Å². The Kier molecular flexibility index (Phi) is 5.03. The molecule has 1 aromatic carbocycles. The Balaban J connectivity index is 2.91. The second kappa shape index (κ2) is 6.30. The third-order valence-corrected chi connectivity index (χ3v) is 2.44. The number of carbonyl (C=O) groups excluding carboxylic acids is 2. The molecule has 0 aliphatic rings. The zero-order valence-electron chi connectivity index (χ0n) is 9.38. The Morgan fingerprint density at radius 3 is 2.39 bits per heavy atom. The first kappa shape index (κ1) is 14.4. The first-order valence-corrected chi connectivity index (χ1v) is 5.43. The van der Waals surface area contributed by atoms with Gasteiger partial charge in [0, 0.05) is 0 Å². The molecule has 7 heteroatoms. The van der Waals surface area contributed by atoms with Gasteiger partial charge in [0.2, 0.25) is 0 Å². The quantitative estimate of drug-likeness (QED) is 0.670. The van der Waals surface area contributed by atoms with Crippen molar-refractivity contribution in [2.75, 3.05) is 13.0 Å². The normalized spacial score (nSPS) is 11.8. The van der Waals surface area contributed by atoms with Crippen LogP contribution in [-0.2, 0) is 9.53 Å².